The number of para-hydroxylation sites is 2. The summed E-state index contributed by atoms with van der Waals surface area (Å²) in [4.78, 5) is 17.0. The number of rotatable bonds is 6. The van der Waals surface area contributed by atoms with Crippen LogP contribution in [0.3, 0.4) is 0 Å². The Labute approximate surface area is 156 Å². The second kappa shape index (κ2) is 7.51. The molecular weight excluding hydrogens is 370 g/mol. The van der Waals surface area contributed by atoms with Gasteiger partial charge in [-0.25, -0.2) is 13.4 Å². The molecule has 1 heterocycles. The first-order valence-corrected chi connectivity index (χ1v) is 10.9. The van der Waals surface area contributed by atoms with Crippen LogP contribution in [0.15, 0.2) is 58.6 Å². The van der Waals surface area contributed by atoms with Crippen molar-refractivity contribution in [3.8, 4) is 0 Å². The van der Waals surface area contributed by atoms with E-state index in [2.05, 4.69) is 14.9 Å². The maximum atomic E-state index is 12.2. The number of benzene rings is 2. The molecule has 1 N–H and O–H groups in total. The Morgan fingerprint density at radius 1 is 1.19 bits per heavy atom. The van der Waals surface area contributed by atoms with Gasteiger partial charge in [-0.2, -0.15) is 0 Å². The van der Waals surface area contributed by atoms with E-state index in [1.165, 1.54) is 23.9 Å². The lowest BCUT2D eigenvalue weighted by atomic mass is 10.3. The number of aryl methyl sites for hydroxylation is 1. The zero-order chi connectivity index (χ0) is 18.7. The molecule has 2 aromatic carbocycles. The predicted octanol–water partition coefficient (Wildman–Crippen LogP) is 3.19. The number of imidazole rings is 1. The first-order chi connectivity index (χ1) is 12.4. The summed E-state index contributed by atoms with van der Waals surface area (Å²) in [7, 11) is -3.31. The molecule has 0 bridgehead atoms. The van der Waals surface area contributed by atoms with Gasteiger partial charge in [0, 0.05) is 18.5 Å². The smallest absolute Gasteiger partial charge is 0.234 e. The molecule has 26 heavy (non-hydrogen) atoms. The summed E-state index contributed by atoms with van der Waals surface area (Å²) in [5.74, 6) is -0.0257. The number of sulfone groups is 1. The molecule has 3 rings (SSSR count). The quantitative estimate of drug-likeness (QED) is 0.655. The molecule has 0 atom stereocenters. The zero-order valence-electron chi connectivity index (χ0n) is 14.5. The number of hydrogen-bond acceptors (Lipinski definition) is 5. The molecule has 1 aromatic heterocycles. The standard InChI is InChI=1S/C18H19N3O3S2/c1-3-21-16-10-5-4-9-15(16)20-18(21)25-12-17(22)19-13-7-6-8-14(11-13)26(2,23)24/h4-11H,3,12H2,1-2H3,(H,19,22). The molecule has 3 aromatic rings. The number of hydrogen-bond donors (Lipinski definition) is 1. The van der Waals surface area contributed by atoms with Crippen LogP contribution in [0.2, 0.25) is 0 Å². The summed E-state index contributed by atoms with van der Waals surface area (Å²) in [5.41, 5.74) is 2.40. The van der Waals surface area contributed by atoms with E-state index < -0.39 is 9.84 Å². The number of thioether (sulfide) groups is 1. The summed E-state index contributed by atoms with van der Waals surface area (Å²) in [6.07, 6.45) is 1.14. The molecule has 0 radical (unpaired) electrons. The molecule has 0 fully saturated rings. The third-order valence-electron chi connectivity index (χ3n) is 3.81. The van der Waals surface area contributed by atoms with Crippen molar-refractivity contribution in [1.29, 1.82) is 0 Å². The molecule has 0 saturated heterocycles. The zero-order valence-corrected chi connectivity index (χ0v) is 16.1. The van der Waals surface area contributed by atoms with Crippen LogP contribution in [0.25, 0.3) is 11.0 Å². The van der Waals surface area contributed by atoms with Crippen LogP contribution in [0.5, 0.6) is 0 Å². The Morgan fingerprint density at radius 3 is 2.69 bits per heavy atom. The van der Waals surface area contributed by atoms with Gasteiger partial charge in [-0.15, -0.1) is 0 Å². The maximum Gasteiger partial charge on any atom is 0.234 e. The molecule has 0 aliphatic carbocycles. The molecular formula is C18H19N3O3S2. The third-order valence-corrected chi connectivity index (χ3v) is 5.90. The van der Waals surface area contributed by atoms with E-state index in [-0.39, 0.29) is 16.6 Å². The molecule has 0 aliphatic rings. The minimum atomic E-state index is -3.31. The summed E-state index contributed by atoms with van der Waals surface area (Å²) >= 11 is 1.36. The second-order valence-corrected chi connectivity index (χ2v) is 8.72. The van der Waals surface area contributed by atoms with Gasteiger partial charge in [0.15, 0.2) is 15.0 Å². The highest BCUT2D eigenvalue weighted by Crippen LogP contribution is 2.24. The van der Waals surface area contributed by atoms with Gasteiger partial charge in [0.25, 0.3) is 0 Å². The molecule has 8 heteroatoms. The van der Waals surface area contributed by atoms with Gasteiger partial charge in [0.2, 0.25) is 5.91 Å². The highest BCUT2D eigenvalue weighted by molar-refractivity contribution is 7.99. The maximum absolute atomic E-state index is 12.2. The van der Waals surface area contributed by atoms with Gasteiger partial charge < -0.3 is 9.88 Å². The number of carbonyl (C=O) groups is 1. The van der Waals surface area contributed by atoms with Crippen molar-refractivity contribution in [2.75, 3.05) is 17.3 Å². The Hall–Kier alpha value is -2.32. The number of aromatic nitrogens is 2. The summed E-state index contributed by atoms with van der Waals surface area (Å²) < 4.78 is 25.3. The number of nitrogens with zero attached hydrogens (tertiary/aromatic N) is 2. The average Bonchev–Trinajstić information content (AvgIpc) is 2.97. The lowest BCUT2D eigenvalue weighted by Crippen LogP contribution is -2.15. The number of nitrogens with one attached hydrogen (secondary N) is 1. The highest BCUT2D eigenvalue weighted by atomic mass is 32.2. The van der Waals surface area contributed by atoms with Crippen molar-refractivity contribution in [2.24, 2.45) is 0 Å². The SMILES string of the molecule is CCn1c(SCC(=O)Nc2cccc(S(C)(=O)=O)c2)nc2ccccc21. The van der Waals surface area contributed by atoms with Gasteiger partial charge in [-0.3, -0.25) is 4.79 Å². The minimum Gasteiger partial charge on any atom is -0.325 e. The molecule has 0 spiro atoms. The van der Waals surface area contributed by atoms with Gasteiger partial charge in [0.1, 0.15) is 0 Å². The van der Waals surface area contributed by atoms with Gasteiger partial charge >= 0.3 is 0 Å². The average molecular weight is 390 g/mol. The van der Waals surface area contributed by atoms with Crippen molar-refractivity contribution >= 4 is 44.2 Å². The van der Waals surface area contributed by atoms with Crippen LogP contribution in [0.1, 0.15) is 6.92 Å². The lowest BCUT2D eigenvalue weighted by Gasteiger charge is -2.08. The predicted molar refractivity (Wildman–Crippen MR) is 104 cm³/mol. The lowest BCUT2D eigenvalue weighted by molar-refractivity contribution is -0.113. The van der Waals surface area contributed by atoms with E-state index in [1.807, 2.05) is 31.2 Å². The molecule has 6 nitrogen and oxygen atoms in total. The molecule has 0 unspecified atom stereocenters. The van der Waals surface area contributed by atoms with Crippen molar-refractivity contribution in [1.82, 2.24) is 9.55 Å². The molecule has 0 saturated carbocycles. The van der Waals surface area contributed by atoms with Crippen LogP contribution >= 0.6 is 11.8 Å². The Balaban J connectivity index is 1.70. The topological polar surface area (TPSA) is 81.1 Å². The van der Waals surface area contributed by atoms with Crippen LogP contribution in [0, 0.1) is 0 Å². The third kappa shape index (κ3) is 4.08. The molecule has 0 aliphatic heterocycles. The molecule has 1 amide bonds. The van der Waals surface area contributed by atoms with E-state index in [0.717, 1.165) is 29.0 Å². The van der Waals surface area contributed by atoms with Crippen molar-refractivity contribution in [3.63, 3.8) is 0 Å². The van der Waals surface area contributed by atoms with Crippen LogP contribution < -0.4 is 5.32 Å². The number of amides is 1. The van der Waals surface area contributed by atoms with Crippen LogP contribution in [0.4, 0.5) is 5.69 Å². The van der Waals surface area contributed by atoms with Crippen molar-refractivity contribution < 1.29 is 13.2 Å². The van der Waals surface area contributed by atoms with Gasteiger partial charge in [-0.1, -0.05) is 30.0 Å². The van der Waals surface area contributed by atoms with E-state index in [9.17, 15) is 13.2 Å². The van der Waals surface area contributed by atoms with Crippen molar-refractivity contribution in [3.05, 3.63) is 48.5 Å². The first kappa shape index (κ1) is 18.5. The minimum absolute atomic E-state index is 0.177. The summed E-state index contributed by atoms with van der Waals surface area (Å²) in [6, 6.07) is 14.1. The van der Waals surface area contributed by atoms with Crippen LogP contribution in [-0.2, 0) is 21.2 Å². The monoisotopic (exact) mass is 389 g/mol. The first-order valence-electron chi connectivity index (χ1n) is 8.06. The number of anilines is 1. The van der Waals surface area contributed by atoms with E-state index in [1.54, 1.807) is 12.1 Å². The van der Waals surface area contributed by atoms with Gasteiger partial charge in [-0.05, 0) is 37.3 Å². The molecule has 136 valence electrons. The summed E-state index contributed by atoms with van der Waals surface area (Å²) in [5, 5.41) is 3.52. The Kier molecular flexibility index (Phi) is 5.33. The second-order valence-electron chi connectivity index (χ2n) is 5.76. The number of fused-ring (bicyclic) bond motifs is 1. The largest absolute Gasteiger partial charge is 0.325 e. The highest BCUT2D eigenvalue weighted by Gasteiger charge is 2.13. The normalized spacial score (nSPS) is 11.6. The fourth-order valence-corrected chi connectivity index (χ4v) is 4.15. The number of carbonyl (C=O) groups excluding carboxylic acids is 1. The van der Waals surface area contributed by atoms with Gasteiger partial charge in [0.05, 0.1) is 21.7 Å². The van der Waals surface area contributed by atoms with Crippen molar-refractivity contribution in [2.45, 2.75) is 23.5 Å². The van der Waals surface area contributed by atoms with E-state index in [0.29, 0.717) is 5.69 Å². The van der Waals surface area contributed by atoms with E-state index >= 15 is 0 Å². The Bertz CT molecular complexity index is 1060. The fourth-order valence-electron chi connectivity index (χ4n) is 2.60. The Morgan fingerprint density at radius 2 is 1.96 bits per heavy atom. The van der Waals surface area contributed by atoms with Crippen LogP contribution in [-0.4, -0.2) is 35.9 Å². The summed E-state index contributed by atoms with van der Waals surface area (Å²) in [6.45, 7) is 2.80. The van der Waals surface area contributed by atoms with E-state index in [4.69, 9.17) is 0 Å². The fraction of sp³-hybridized carbons (Fsp3) is 0.222.